The zero-order valence-corrected chi connectivity index (χ0v) is 11.0. The van der Waals surface area contributed by atoms with Crippen molar-refractivity contribution in [1.82, 2.24) is 4.98 Å². The van der Waals surface area contributed by atoms with Gasteiger partial charge in [0.05, 0.1) is 15.3 Å². The molecule has 0 N–H and O–H groups in total. The van der Waals surface area contributed by atoms with Crippen molar-refractivity contribution in [2.75, 3.05) is 0 Å². The van der Waals surface area contributed by atoms with Crippen LogP contribution in [0.2, 0.25) is 15.2 Å². The molecule has 0 saturated heterocycles. The summed E-state index contributed by atoms with van der Waals surface area (Å²) in [6, 6.07) is 0. The number of halogens is 3. The fourth-order valence-electron chi connectivity index (χ4n) is 0.924. The molecule has 0 radical (unpaired) electrons. The number of hydrogen-bond donors (Lipinski definition) is 0. The number of rotatable bonds is 2. The maximum atomic E-state index is 11.9. The van der Waals surface area contributed by atoms with Crippen molar-refractivity contribution < 1.29 is 8.42 Å². The Morgan fingerprint density at radius 3 is 2.27 bits per heavy atom. The van der Waals surface area contributed by atoms with E-state index in [1.165, 1.54) is 20.0 Å². The molecule has 0 bridgehead atoms. The topological polar surface area (TPSA) is 47.0 Å². The lowest BCUT2D eigenvalue weighted by Crippen LogP contribution is -2.15. The van der Waals surface area contributed by atoms with Gasteiger partial charge in [-0.15, -0.1) is 0 Å². The normalized spacial score (nSPS) is 12.1. The van der Waals surface area contributed by atoms with Crippen molar-refractivity contribution in [3.63, 3.8) is 0 Å². The standard InChI is InChI=1S/C8H8Cl3NO2S/c1-4(2)15(13,14)7-5(9)3-12-8(11)6(7)10/h3-4H,1-2H3. The summed E-state index contributed by atoms with van der Waals surface area (Å²) in [6.07, 6.45) is 1.17. The molecule has 0 amide bonds. The molecule has 0 saturated carbocycles. The molecule has 0 unspecified atom stereocenters. The molecule has 84 valence electrons. The van der Waals surface area contributed by atoms with E-state index in [1.54, 1.807) is 0 Å². The molecule has 7 heteroatoms. The molecule has 0 aliphatic heterocycles. The summed E-state index contributed by atoms with van der Waals surface area (Å²) in [4.78, 5) is 3.50. The van der Waals surface area contributed by atoms with Crippen LogP contribution in [0, 0.1) is 0 Å². The SMILES string of the molecule is CC(C)S(=O)(=O)c1c(Cl)cnc(Cl)c1Cl. The summed E-state index contributed by atoms with van der Waals surface area (Å²) in [5.74, 6) is 0. The smallest absolute Gasteiger partial charge is 0.183 e. The summed E-state index contributed by atoms with van der Waals surface area (Å²) >= 11 is 17.1. The number of pyridine rings is 1. The van der Waals surface area contributed by atoms with Crippen LogP contribution in [0.3, 0.4) is 0 Å². The number of nitrogens with zero attached hydrogens (tertiary/aromatic N) is 1. The largest absolute Gasteiger partial charge is 0.241 e. The molecule has 3 nitrogen and oxygen atoms in total. The van der Waals surface area contributed by atoms with Crippen LogP contribution in [-0.2, 0) is 9.84 Å². The number of hydrogen-bond acceptors (Lipinski definition) is 3. The van der Waals surface area contributed by atoms with Crippen molar-refractivity contribution in [2.24, 2.45) is 0 Å². The van der Waals surface area contributed by atoms with Crippen LogP contribution in [-0.4, -0.2) is 18.7 Å². The molecule has 15 heavy (non-hydrogen) atoms. The van der Waals surface area contributed by atoms with E-state index < -0.39 is 15.1 Å². The minimum atomic E-state index is -3.55. The zero-order chi connectivity index (χ0) is 11.8. The second-order valence-corrected chi connectivity index (χ2v) is 6.72. The van der Waals surface area contributed by atoms with E-state index in [4.69, 9.17) is 34.8 Å². The predicted molar refractivity (Wildman–Crippen MR) is 61.6 cm³/mol. The summed E-state index contributed by atoms with van der Waals surface area (Å²) in [6.45, 7) is 3.08. The number of aromatic nitrogens is 1. The lowest BCUT2D eigenvalue weighted by molar-refractivity contribution is 0.587. The van der Waals surface area contributed by atoms with Crippen LogP contribution in [0.15, 0.2) is 11.1 Å². The minimum Gasteiger partial charge on any atom is -0.241 e. The summed E-state index contributed by atoms with van der Waals surface area (Å²) in [7, 11) is -3.55. The molecular weight excluding hydrogens is 281 g/mol. The van der Waals surface area contributed by atoms with Gasteiger partial charge in [-0.2, -0.15) is 0 Å². The molecule has 0 atom stereocenters. The molecule has 0 aliphatic rings. The maximum absolute atomic E-state index is 11.9. The van der Waals surface area contributed by atoms with Crippen molar-refractivity contribution in [1.29, 1.82) is 0 Å². The van der Waals surface area contributed by atoms with E-state index in [1.807, 2.05) is 0 Å². The highest BCUT2D eigenvalue weighted by Crippen LogP contribution is 2.34. The van der Waals surface area contributed by atoms with Crippen LogP contribution in [0.4, 0.5) is 0 Å². The van der Waals surface area contributed by atoms with Gasteiger partial charge in [0.2, 0.25) is 0 Å². The molecule has 0 aromatic carbocycles. The first kappa shape index (κ1) is 13.0. The van der Waals surface area contributed by atoms with Gasteiger partial charge in [0.15, 0.2) is 9.84 Å². The Labute approximate surface area is 103 Å². The molecule has 1 aromatic rings. The first-order valence-electron chi connectivity index (χ1n) is 4.02. The third kappa shape index (κ3) is 2.38. The van der Waals surface area contributed by atoms with Gasteiger partial charge < -0.3 is 0 Å². The second-order valence-electron chi connectivity index (χ2n) is 3.13. The van der Waals surface area contributed by atoms with Gasteiger partial charge >= 0.3 is 0 Å². The minimum absolute atomic E-state index is 0.0156. The van der Waals surface area contributed by atoms with Crippen molar-refractivity contribution in [2.45, 2.75) is 24.0 Å². The molecule has 1 aromatic heterocycles. The van der Waals surface area contributed by atoms with Crippen LogP contribution in [0.5, 0.6) is 0 Å². The summed E-state index contributed by atoms with van der Waals surface area (Å²) in [5.41, 5.74) is 0. The first-order valence-corrected chi connectivity index (χ1v) is 6.70. The summed E-state index contributed by atoms with van der Waals surface area (Å²) in [5, 5.41) is -0.831. The highest BCUT2D eigenvalue weighted by molar-refractivity contribution is 7.92. The average Bonchev–Trinajstić information content (AvgIpc) is 2.11. The Bertz CT molecular complexity index is 485. The Morgan fingerprint density at radius 1 is 1.27 bits per heavy atom. The van der Waals surface area contributed by atoms with E-state index in [0.717, 1.165) is 0 Å². The van der Waals surface area contributed by atoms with E-state index in [2.05, 4.69) is 4.98 Å². The summed E-state index contributed by atoms with van der Waals surface area (Å²) < 4.78 is 23.7. The van der Waals surface area contributed by atoms with Gasteiger partial charge in [-0.3, -0.25) is 0 Å². The molecule has 1 heterocycles. The fraction of sp³-hybridized carbons (Fsp3) is 0.375. The molecule has 1 rings (SSSR count). The highest BCUT2D eigenvalue weighted by atomic mass is 35.5. The number of sulfone groups is 1. The molecule has 0 spiro atoms. The Morgan fingerprint density at radius 2 is 1.80 bits per heavy atom. The first-order chi connectivity index (χ1) is 6.78. The Balaban J connectivity index is 3.58. The average molecular weight is 289 g/mol. The zero-order valence-electron chi connectivity index (χ0n) is 7.96. The van der Waals surface area contributed by atoms with Gasteiger partial charge in [-0.25, -0.2) is 13.4 Å². The highest BCUT2D eigenvalue weighted by Gasteiger charge is 2.27. The molecule has 0 fully saturated rings. The molecular formula is C8H8Cl3NO2S. The third-order valence-electron chi connectivity index (χ3n) is 1.79. The molecule has 0 aliphatic carbocycles. The van der Waals surface area contributed by atoms with Crippen LogP contribution in [0.25, 0.3) is 0 Å². The van der Waals surface area contributed by atoms with Gasteiger partial charge in [0, 0.05) is 6.20 Å². The Kier molecular flexibility index (Phi) is 3.87. The van der Waals surface area contributed by atoms with E-state index in [0.29, 0.717) is 0 Å². The van der Waals surface area contributed by atoms with Gasteiger partial charge in [0.25, 0.3) is 0 Å². The van der Waals surface area contributed by atoms with Crippen molar-refractivity contribution >= 4 is 44.6 Å². The maximum Gasteiger partial charge on any atom is 0.183 e. The van der Waals surface area contributed by atoms with Crippen LogP contribution < -0.4 is 0 Å². The second kappa shape index (κ2) is 4.45. The van der Waals surface area contributed by atoms with Gasteiger partial charge in [-0.05, 0) is 13.8 Å². The predicted octanol–water partition coefficient (Wildman–Crippen LogP) is 3.22. The lowest BCUT2D eigenvalue weighted by Gasteiger charge is -2.11. The van der Waals surface area contributed by atoms with Crippen LogP contribution >= 0.6 is 34.8 Å². The lowest BCUT2D eigenvalue weighted by atomic mass is 10.5. The van der Waals surface area contributed by atoms with Gasteiger partial charge in [-0.1, -0.05) is 34.8 Å². The Hall–Kier alpha value is -0.0300. The fourth-order valence-corrected chi connectivity index (χ4v) is 3.25. The monoisotopic (exact) mass is 287 g/mol. The van der Waals surface area contributed by atoms with Crippen molar-refractivity contribution in [3.05, 3.63) is 21.4 Å². The third-order valence-corrected chi connectivity index (χ3v) is 5.29. The van der Waals surface area contributed by atoms with Crippen LogP contribution in [0.1, 0.15) is 13.8 Å². The van der Waals surface area contributed by atoms with E-state index >= 15 is 0 Å². The van der Waals surface area contributed by atoms with E-state index in [-0.39, 0.29) is 20.1 Å². The van der Waals surface area contributed by atoms with E-state index in [9.17, 15) is 8.42 Å². The van der Waals surface area contributed by atoms with Gasteiger partial charge in [0.1, 0.15) is 10.0 Å². The quantitative estimate of drug-likeness (QED) is 0.785. The van der Waals surface area contributed by atoms with Crippen molar-refractivity contribution in [3.8, 4) is 0 Å².